The summed E-state index contributed by atoms with van der Waals surface area (Å²) < 4.78 is 10.2. The normalized spacial score (nSPS) is 12.4. The van der Waals surface area contributed by atoms with E-state index in [4.69, 9.17) is 14.6 Å². The Morgan fingerprint density at radius 1 is 1.29 bits per heavy atom. The lowest BCUT2D eigenvalue weighted by Gasteiger charge is -2.24. The second kappa shape index (κ2) is 6.88. The number of benzene rings is 1. The number of methoxy groups -OCH3 is 2. The molecule has 0 heterocycles. The van der Waals surface area contributed by atoms with Gasteiger partial charge >= 0.3 is 6.09 Å². The lowest BCUT2D eigenvalue weighted by Crippen LogP contribution is -2.46. The van der Waals surface area contributed by atoms with Gasteiger partial charge in [0.1, 0.15) is 0 Å². The van der Waals surface area contributed by atoms with Crippen LogP contribution < -0.4 is 5.32 Å². The fourth-order valence-electron chi connectivity index (χ4n) is 1.67. The second-order valence-corrected chi connectivity index (χ2v) is 3.59. The van der Waals surface area contributed by atoms with Gasteiger partial charge in [-0.3, -0.25) is 0 Å². The van der Waals surface area contributed by atoms with Crippen LogP contribution in [-0.2, 0) is 15.9 Å². The highest BCUT2D eigenvalue weighted by Gasteiger charge is 2.22. The van der Waals surface area contributed by atoms with Gasteiger partial charge in [-0.1, -0.05) is 30.3 Å². The summed E-state index contributed by atoms with van der Waals surface area (Å²) in [6, 6.07) is 9.14. The number of hydrogen-bond donors (Lipinski definition) is 2. The Kier molecular flexibility index (Phi) is 5.45. The van der Waals surface area contributed by atoms with Crippen LogP contribution >= 0.6 is 0 Å². The molecule has 0 aliphatic rings. The first-order valence-corrected chi connectivity index (χ1v) is 5.26. The van der Waals surface area contributed by atoms with Crippen LogP contribution in [0.15, 0.2) is 30.3 Å². The van der Waals surface area contributed by atoms with Crippen molar-refractivity contribution in [3.05, 3.63) is 35.9 Å². The van der Waals surface area contributed by atoms with Crippen LogP contribution in [0.1, 0.15) is 5.56 Å². The van der Waals surface area contributed by atoms with Crippen LogP contribution in [0.5, 0.6) is 0 Å². The molecule has 1 aromatic carbocycles. The summed E-state index contributed by atoms with van der Waals surface area (Å²) in [5, 5.41) is 11.2. The molecule has 94 valence electrons. The number of amides is 1. The minimum atomic E-state index is -1.09. The Balaban J connectivity index is 2.72. The van der Waals surface area contributed by atoms with Crippen LogP contribution in [0.4, 0.5) is 4.79 Å². The van der Waals surface area contributed by atoms with E-state index in [0.29, 0.717) is 6.42 Å². The van der Waals surface area contributed by atoms with Crippen molar-refractivity contribution in [3.63, 3.8) is 0 Å². The standard InChI is InChI=1S/C12H17NO4/c1-16-11(17-2)10(13-12(14)15)8-9-6-4-3-5-7-9/h3-7,10-11,13H,8H2,1-2H3,(H,14,15). The molecular weight excluding hydrogens is 222 g/mol. The van der Waals surface area contributed by atoms with E-state index in [2.05, 4.69) is 5.32 Å². The highest BCUT2D eigenvalue weighted by molar-refractivity contribution is 5.65. The van der Waals surface area contributed by atoms with Gasteiger partial charge in [0.05, 0.1) is 6.04 Å². The maximum Gasteiger partial charge on any atom is 0.405 e. The molecule has 5 nitrogen and oxygen atoms in total. The van der Waals surface area contributed by atoms with Crippen molar-refractivity contribution in [1.29, 1.82) is 0 Å². The molecule has 0 spiro atoms. The van der Waals surface area contributed by atoms with Gasteiger partial charge in [-0.25, -0.2) is 4.79 Å². The zero-order valence-electron chi connectivity index (χ0n) is 9.92. The number of rotatable bonds is 6. The van der Waals surface area contributed by atoms with E-state index in [9.17, 15) is 4.79 Å². The van der Waals surface area contributed by atoms with Crippen LogP contribution in [-0.4, -0.2) is 37.8 Å². The maximum absolute atomic E-state index is 10.7. The Labute approximate surface area is 100 Å². The van der Waals surface area contributed by atoms with Gasteiger partial charge in [0.2, 0.25) is 0 Å². The van der Waals surface area contributed by atoms with Crippen molar-refractivity contribution in [3.8, 4) is 0 Å². The van der Waals surface area contributed by atoms with E-state index in [1.54, 1.807) is 0 Å². The summed E-state index contributed by atoms with van der Waals surface area (Å²) in [5.74, 6) is 0. The molecule has 0 saturated carbocycles. The zero-order chi connectivity index (χ0) is 12.7. The van der Waals surface area contributed by atoms with Crippen molar-refractivity contribution in [1.82, 2.24) is 5.32 Å². The van der Waals surface area contributed by atoms with Gasteiger partial charge in [-0.15, -0.1) is 0 Å². The molecule has 0 aromatic heterocycles. The third-order valence-electron chi connectivity index (χ3n) is 2.40. The predicted octanol–water partition coefficient (Wildman–Crippen LogP) is 1.48. The molecule has 0 aliphatic heterocycles. The SMILES string of the molecule is COC(OC)C(Cc1ccccc1)NC(=O)O. The number of carbonyl (C=O) groups is 1. The summed E-state index contributed by atoms with van der Waals surface area (Å²) in [7, 11) is 2.96. The molecule has 0 saturated heterocycles. The summed E-state index contributed by atoms with van der Waals surface area (Å²) in [6.45, 7) is 0. The first-order valence-electron chi connectivity index (χ1n) is 5.26. The number of nitrogens with one attached hydrogen (secondary N) is 1. The summed E-state index contributed by atoms with van der Waals surface area (Å²) in [6.07, 6.45) is -1.18. The minimum absolute atomic E-state index is 0.440. The molecule has 0 fully saturated rings. The van der Waals surface area contributed by atoms with Crippen molar-refractivity contribution >= 4 is 6.09 Å². The second-order valence-electron chi connectivity index (χ2n) is 3.59. The lowest BCUT2D eigenvalue weighted by atomic mass is 10.1. The smallest absolute Gasteiger partial charge is 0.405 e. The van der Waals surface area contributed by atoms with Crippen LogP contribution in [0.2, 0.25) is 0 Å². The summed E-state index contributed by atoms with van der Waals surface area (Å²) in [4.78, 5) is 10.7. The molecular formula is C12H17NO4. The highest BCUT2D eigenvalue weighted by atomic mass is 16.7. The number of carboxylic acid groups (broad SMARTS) is 1. The van der Waals surface area contributed by atoms with Gasteiger partial charge in [-0.2, -0.15) is 0 Å². The van der Waals surface area contributed by atoms with Gasteiger partial charge < -0.3 is 19.9 Å². The topological polar surface area (TPSA) is 67.8 Å². The van der Waals surface area contributed by atoms with E-state index < -0.39 is 18.4 Å². The van der Waals surface area contributed by atoms with Crippen LogP contribution in [0.25, 0.3) is 0 Å². The van der Waals surface area contributed by atoms with E-state index in [1.165, 1.54) is 14.2 Å². The highest BCUT2D eigenvalue weighted by Crippen LogP contribution is 2.08. The van der Waals surface area contributed by atoms with Gasteiger partial charge in [0.15, 0.2) is 6.29 Å². The molecule has 17 heavy (non-hydrogen) atoms. The Bertz CT molecular complexity index is 338. The average molecular weight is 239 g/mol. The Morgan fingerprint density at radius 2 is 1.88 bits per heavy atom. The molecule has 0 bridgehead atoms. The number of ether oxygens (including phenoxy) is 2. The van der Waals surface area contributed by atoms with Crippen molar-refractivity contribution in [2.24, 2.45) is 0 Å². The predicted molar refractivity (Wildman–Crippen MR) is 62.9 cm³/mol. The molecule has 1 atom stereocenters. The maximum atomic E-state index is 10.7. The minimum Gasteiger partial charge on any atom is -0.465 e. The van der Waals surface area contributed by atoms with Crippen molar-refractivity contribution < 1.29 is 19.4 Å². The quantitative estimate of drug-likeness (QED) is 0.738. The molecule has 5 heteroatoms. The van der Waals surface area contributed by atoms with Gasteiger partial charge in [0, 0.05) is 14.2 Å². The van der Waals surface area contributed by atoms with Crippen LogP contribution in [0, 0.1) is 0 Å². The summed E-state index contributed by atoms with van der Waals surface area (Å²) in [5.41, 5.74) is 1.02. The third-order valence-corrected chi connectivity index (χ3v) is 2.40. The molecule has 1 unspecified atom stereocenters. The number of hydrogen-bond acceptors (Lipinski definition) is 3. The van der Waals surface area contributed by atoms with Crippen LogP contribution in [0.3, 0.4) is 0 Å². The molecule has 0 radical (unpaired) electrons. The fourth-order valence-corrected chi connectivity index (χ4v) is 1.67. The first kappa shape index (κ1) is 13.5. The van der Waals surface area contributed by atoms with E-state index in [-0.39, 0.29) is 0 Å². The largest absolute Gasteiger partial charge is 0.465 e. The zero-order valence-corrected chi connectivity index (χ0v) is 9.92. The molecule has 0 aliphatic carbocycles. The first-order chi connectivity index (χ1) is 8.17. The molecule has 1 amide bonds. The molecule has 1 rings (SSSR count). The average Bonchev–Trinajstić information content (AvgIpc) is 2.31. The van der Waals surface area contributed by atoms with E-state index >= 15 is 0 Å². The Morgan fingerprint density at radius 3 is 2.35 bits per heavy atom. The molecule has 1 aromatic rings. The Hall–Kier alpha value is -1.59. The van der Waals surface area contributed by atoms with E-state index in [1.807, 2.05) is 30.3 Å². The van der Waals surface area contributed by atoms with Crippen molar-refractivity contribution in [2.75, 3.05) is 14.2 Å². The van der Waals surface area contributed by atoms with Gasteiger partial charge in [0.25, 0.3) is 0 Å². The molecule has 2 N–H and O–H groups in total. The fraction of sp³-hybridized carbons (Fsp3) is 0.417. The monoisotopic (exact) mass is 239 g/mol. The summed E-state index contributed by atoms with van der Waals surface area (Å²) >= 11 is 0. The third kappa shape index (κ3) is 4.42. The lowest BCUT2D eigenvalue weighted by molar-refractivity contribution is -0.121. The van der Waals surface area contributed by atoms with Crippen molar-refractivity contribution in [2.45, 2.75) is 18.8 Å². The van der Waals surface area contributed by atoms with E-state index in [0.717, 1.165) is 5.56 Å². The van der Waals surface area contributed by atoms with Gasteiger partial charge in [-0.05, 0) is 12.0 Å².